The number of hydrogen-bond donors (Lipinski definition) is 4. The van der Waals surface area contributed by atoms with E-state index in [9.17, 15) is 10.2 Å². The molecule has 1 saturated carbocycles. The minimum absolute atomic E-state index is 0. The van der Waals surface area contributed by atoms with Crippen LogP contribution in [0.1, 0.15) is 142 Å². The number of hydrogen-bond acceptors (Lipinski definition) is 4. The molecule has 231 valence electrons. The SMILES string of the molecule is CC(C)(C)c1cc(CN[C@H]2CCCC[C@@H]2NCc2cc(C(C)(C)C)cc(C(C)(C)C)c2O)c(O)c(C(C)(C)C)c1.[Mn]. The van der Waals surface area contributed by atoms with Crippen LogP contribution < -0.4 is 10.6 Å². The van der Waals surface area contributed by atoms with E-state index >= 15 is 0 Å². The van der Waals surface area contributed by atoms with Crippen molar-refractivity contribution in [3.63, 3.8) is 0 Å². The van der Waals surface area contributed by atoms with E-state index < -0.39 is 0 Å². The van der Waals surface area contributed by atoms with Crippen molar-refractivity contribution in [1.82, 2.24) is 10.6 Å². The molecule has 4 N–H and O–H groups in total. The molecule has 1 radical (unpaired) electrons. The van der Waals surface area contributed by atoms with E-state index in [4.69, 9.17) is 0 Å². The van der Waals surface area contributed by atoms with Crippen molar-refractivity contribution in [2.24, 2.45) is 0 Å². The Labute approximate surface area is 262 Å². The Hall–Kier alpha value is -1.52. The summed E-state index contributed by atoms with van der Waals surface area (Å²) in [6.07, 6.45) is 4.61. The third-order valence-corrected chi connectivity index (χ3v) is 8.60. The molecule has 0 amide bonds. The number of benzene rings is 2. The summed E-state index contributed by atoms with van der Waals surface area (Å²) >= 11 is 0. The van der Waals surface area contributed by atoms with E-state index in [1.807, 2.05) is 0 Å². The van der Waals surface area contributed by atoms with Gasteiger partial charge in [0.1, 0.15) is 11.5 Å². The molecular formula is C36H58MnN2O2. The van der Waals surface area contributed by atoms with Gasteiger partial charge in [0.05, 0.1) is 0 Å². The molecule has 2 atom stereocenters. The number of phenolic OH excluding ortho intramolecular Hbond substituents is 2. The maximum Gasteiger partial charge on any atom is 0.123 e. The van der Waals surface area contributed by atoms with Crippen LogP contribution >= 0.6 is 0 Å². The van der Waals surface area contributed by atoms with Crippen LogP contribution in [-0.2, 0) is 51.8 Å². The van der Waals surface area contributed by atoms with Crippen LogP contribution in [0.3, 0.4) is 0 Å². The summed E-state index contributed by atoms with van der Waals surface area (Å²) in [6, 6.07) is 9.36. The predicted molar refractivity (Wildman–Crippen MR) is 171 cm³/mol. The molecule has 0 spiro atoms. The van der Waals surface area contributed by atoms with Crippen molar-refractivity contribution < 1.29 is 27.3 Å². The zero-order valence-electron chi connectivity index (χ0n) is 28.0. The van der Waals surface area contributed by atoms with E-state index in [0.717, 1.165) is 35.1 Å². The van der Waals surface area contributed by atoms with Gasteiger partial charge in [0.2, 0.25) is 0 Å². The van der Waals surface area contributed by atoms with Crippen LogP contribution in [0.2, 0.25) is 0 Å². The van der Waals surface area contributed by atoms with Gasteiger partial charge in [0.15, 0.2) is 0 Å². The van der Waals surface area contributed by atoms with Gasteiger partial charge in [-0.25, -0.2) is 0 Å². The number of phenols is 2. The Morgan fingerprint density at radius 3 is 1.15 bits per heavy atom. The van der Waals surface area contributed by atoms with Gasteiger partial charge in [-0.15, -0.1) is 0 Å². The van der Waals surface area contributed by atoms with Gasteiger partial charge in [0.25, 0.3) is 0 Å². The standard InChI is InChI=1S/C36H58N2O2.Mn/c1-33(2,3)25-17-23(31(39)27(19-25)35(7,8)9)21-37-29-15-13-14-16-30(29)38-22-24-18-26(34(4,5)6)20-28(32(24)40)36(10,11)12;/h17-20,29-30,37-40H,13-16,21-22H2,1-12H3;/t29-,30-;/m0./s1. The summed E-state index contributed by atoms with van der Waals surface area (Å²) in [7, 11) is 0. The third kappa shape index (κ3) is 8.99. The van der Waals surface area contributed by atoms with E-state index in [1.54, 1.807) is 0 Å². The molecular weight excluding hydrogens is 547 g/mol. The summed E-state index contributed by atoms with van der Waals surface area (Å²) in [5, 5.41) is 30.2. The Morgan fingerprint density at radius 1 is 0.561 bits per heavy atom. The van der Waals surface area contributed by atoms with Gasteiger partial charge in [-0.3, -0.25) is 0 Å². The molecule has 1 aliphatic carbocycles. The van der Waals surface area contributed by atoms with Crippen molar-refractivity contribution in [2.45, 2.75) is 156 Å². The van der Waals surface area contributed by atoms with Gasteiger partial charge < -0.3 is 20.8 Å². The Bertz CT molecular complexity index is 1080. The zero-order valence-corrected chi connectivity index (χ0v) is 29.2. The minimum atomic E-state index is -0.134. The van der Waals surface area contributed by atoms with Gasteiger partial charge in [-0.1, -0.05) is 120 Å². The molecule has 0 unspecified atom stereocenters. The smallest absolute Gasteiger partial charge is 0.123 e. The maximum atomic E-state index is 11.3. The second-order valence-corrected chi connectivity index (χ2v) is 16.3. The largest absolute Gasteiger partial charge is 0.507 e. The van der Waals surface area contributed by atoms with Crippen LogP contribution in [0.15, 0.2) is 24.3 Å². The van der Waals surface area contributed by atoms with E-state index in [-0.39, 0.29) is 38.7 Å². The Kier molecular flexibility index (Phi) is 11.3. The summed E-state index contributed by atoms with van der Waals surface area (Å²) in [5.41, 5.74) is 6.25. The first-order valence-corrected chi connectivity index (χ1v) is 15.4. The third-order valence-electron chi connectivity index (χ3n) is 8.60. The molecule has 3 rings (SSSR count). The van der Waals surface area contributed by atoms with E-state index in [2.05, 4.69) is 118 Å². The van der Waals surface area contributed by atoms with Crippen LogP contribution in [-0.4, -0.2) is 22.3 Å². The molecule has 0 heterocycles. The molecule has 2 aromatic carbocycles. The summed E-state index contributed by atoms with van der Waals surface area (Å²) in [4.78, 5) is 0. The second kappa shape index (κ2) is 13.0. The first-order valence-electron chi connectivity index (χ1n) is 15.4. The summed E-state index contributed by atoms with van der Waals surface area (Å²) in [5.74, 6) is 0.846. The fraction of sp³-hybridized carbons (Fsp3) is 0.667. The average Bonchev–Trinajstić information content (AvgIpc) is 2.80. The van der Waals surface area contributed by atoms with E-state index in [1.165, 1.54) is 24.0 Å². The van der Waals surface area contributed by atoms with Gasteiger partial charge in [0, 0.05) is 53.4 Å². The molecule has 0 bridgehead atoms. The molecule has 41 heavy (non-hydrogen) atoms. The molecule has 0 saturated heterocycles. The zero-order chi connectivity index (χ0) is 30.3. The van der Waals surface area contributed by atoms with Crippen molar-refractivity contribution >= 4 is 0 Å². The van der Waals surface area contributed by atoms with Gasteiger partial charge in [-0.2, -0.15) is 0 Å². The Morgan fingerprint density at radius 2 is 0.878 bits per heavy atom. The first-order chi connectivity index (χ1) is 18.2. The molecule has 4 nitrogen and oxygen atoms in total. The van der Waals surface area contributed by atoms with Crippen LogP contribution in [0.5, 0.6) is 11.5 Å². The number of rotatable bonds is 6. The summed E-state index contributed by atoms with van der Waals surface area (Å²) in [6.45, 7) is 27.7. The molecule has 5 heteroatoms. The van der Waals surface area contributed by atoms with Crippen molar-refractivity contribution in [2.75, 3.05) is 0 Å². The monoisotopic (exact) mass is 605 g/mol. The number of nitrogens with one attached hydrogen (secondary N) is 2. The van der Waals surface area contributed by atoms with Crippen molar-refractivity contribution in [3.05, 3.63) is 57.6 Å². The van der Waals surface area contributed by atoms with E-state index in [0.29, 0.717) is 36.7 Å². The molecule has 1 fully saturated rings. The topological polar surface area (TPSA) is 64.5 Å². The molecule has 1 aliphatic rings. The maximum absolute atomic E-state index is 11.3. The van der Waals surface area contributed by atoms with Crippen LogP contribution in [0, 0.1) is 0 Å². The Balaban J connectivity index is 0.00000588. The van der Waals surface area contributed by atoms with Crippen LogP contribution in [0.4, 0.5) is 0 Å². The fourth-order valence-corrected chi connectivity index (χ4v) is 5.77. The van der Waals surface area contributed by atoms with Crippen molar-refractivity contribution in [1.29, 1.82) is 0 Å². The molecule has 2 aromatic rings. The quantitative estimate of drug-likeness (QED) is 0.250. The normalized spacial score (nSPS) is 18.7. The van der Waals surface area contributed by atoms with Gasteiger partial charge >= 0.3 is 0 Å². The number of aromatic hydroxyl groups is 2. The van der Waals surface area contributed by atoms with Gasteiger partial charge in [-0.05, 0) is 56.8 Å². The van der Waals surface area contributed by atoms with Crippen molar-refractivity contribution in [3.8, 4) is 11.5 Å². The predicted octanol–water partition coefficient (Wildman–Crippen LogP) is 8.48. The molecule has 0 aromatic heterocycles. The first kappa shape index (κ1) is 35.7. The second-order valence-electron chi connectivity index (χ2n) is 16.3. The average molecular weight is 606 g/mol. The van der Waals surface area contributed by atoms with Crippen LogP contribution in [0.25, 0.3) is 0 Å². The molecule has 0 aliphatic heterocycles. The fourth-order valence-electron chi connectivity index (χ4n) is 5.77. The summed E-state index contributed by atoms with van der Waals surface area (Å²) < 4.78 is 0. The minimum Gasteiger partial charge on any atom is -0.507 e.